The molecule has 2 nitrogen and oxygen atoms in total. The second-order valence-corrected chi connectivity index (χ2v) is 12.8. The topological polar surface area (TPSA) is 37.3 Å². The third-order valence-corrected chi connectivity index (χ3v) is 11.0. The highest BCUT2D eigenvalue weighted by Crippen LogP contribution is 2.65. The predicted octanol–water partition coefficient (Wildman–Crippen LogP) is 7.37. The van der Waals surface area contributed by atoms with Gasteiger partial charge in [-0.15, -0.1) is 0 Å². The normalized spacial score (nSPS) is 41.9. The van der Waals surface area contributed by atoms with Gasteiger partial charge in [-0.25, -0.2) is 0 Å². The Morgan fingerprint density at radius 3 is 2.53 bits per heavy atom. The second-order valence-electron chi connectivity index (χ2n) is 12.8. The van der Waals surface area contributed by atoms with Gasteiger partial charge in [-0.1, -0.05) is 66.0 Å². The molecule has 32 heavy (non-hydrogen) atoms. The third-order valence-electron chi connectivity index (χ3n) is 11.0. The zero-order valence-corrected chi connectivity index (χ0v) is 21.6. The summed E-state index contributed by atoms with van der Waals surface area (Å²) in [5.74, 6) is 4.75. The highest BCUT2D eigenvalue weighted by atomic mass is 16.3. The van der Waals surface area contributed by atoms with E-state index in [1.807, 2.05) is 12.2 Å². The van der Waals surface area contributed by atoms with Crippen molar-refractivity contribution in [1.29, 1.82) is 0 Å². The Morgan fingerprint density at radius 1 is 1.09 bits per heavy atom. The van der Waals surface area contributed by atoms with Crippen LogP contribution in [0.4, 0.5) is 0 Å². The summed E-state index contributed by atoms with van der Waals surface area (Å²) < 4.78 is 0. The van der Waals surface area contributed by atoms with Crippen molar-refractivity contribution >= 4 is 5.78 Å². The van der Waals surface area contributed by atoms with Crippen molar-refractivity contribution < 1.29 is 9.90 Å². The van der Waals surface area contributed by atoms with Crippen LogP contribution in [0.5, 0.6) is 0 Å². The Balaban J connectivity index is 1.53. The van der Waals surface area contributed by atoms with Crippen molar-refractivity contribution in [1.82, 2.24) is 0 Å². The Labute approximate surface area is 197 Å². The molecule has 3 unspecified atom stereocenters. The van der Waals surface area contributed by atoms with Gasteiger partial charge < -0.3 is 5.11 Å². The summed E-state index contributed by atoms with van der Waals surface area (Å²) in [6.45, 7) is 14.2. The summed E-state index contributed by atoms with van der Waals surface area (Å²) >= 11 is 0. The Hall–Kier alpha value is -0.890. The fraction of sp³-hybridized carbons (Fsp3) is 0.833. The molecule has 0 aromatic carbocycles. The van der Waals surface area contributed by atoms with Crippen LogP contribution in [0.15, 0.2) is 23.8 Å². The van der Waals surface area contributed by atoms with Crippen LogP contribution in [0, 0.1) is 52.3 Å². The van der Waals surface area contributed by atoms with Gasteiger partial charge in [-0.2, -0.15) is 0 Å². The molecular formula is C30H48O2. The van der Waals surface area contributed by atoms with Gasteiger partial charge in [0, 0.05) is 5.41 Å². The van der Waals surface area contributed by atoms with Crippen molar-refractivity contribution in [2.24, 2.45) is 52.3 Å². The number of rotatable bonds is 6. The summed E-state index contributed by atoms with van der Waals surface area (Å²) in [4.78, 5) is 12.0. The first-order chi connectivity index (χ1) is 15.1. The molecule has 0 aliphatic heterocycles. The SMILES string of the molecule is CC[C@@H](C(C)C)[C@H](O)C[C@@H](C)[C@H]1CCCC2C3CCC4=CC(=O)C=C[C@]4(C)C3CC[C@@]21C. The molecule has 0 saturated heterocycles. The molecule has 2 heteroatoms. The zero-order chi connectivity index (χ0) is 23.3. The van der Waals surface area contributed by atoms with E-state index in [1.54, 1.807) is 0 Å². The monoisotopic (exact) mass is 440 g/mol. The van der Waals surface area contributed by atoms with E-state index in [-0.39, 0.29) is 17.3 Å². The number of ketones is 1. The molecular weight excluding hydrogens is 392 g/mol. The lowest BCUT2D eigenvalue weighted by Gasteiger charge is -2.62. The molecule has 0 aromatic rings. The Morgan fingerprint density at radius 2 is 1.84 bits per heavy atom. The molecule has 4 rings (SSSR count). The van der Waals surface area contributed by atoms with Crippen LogP contribution >= 0.6 is 0 Å². The van der Waals surface area contributed by atoms with Crippen molar-refractivity contribution in [3.63, 3.8) is 0 Å². The summed E-state index contributed by atoms with van der Waals surface area (Å²) in [7, 11) is 0. The summed E-state index contributed by atoms with van der Waals surface area (Å²) in [5, 5.41) is 11.1. The van der Waals surface area contributed by atoms with E-state index < -0.39 is 0 Å². The minimum atomic E-state index is -0.165. The van der Waals surface area contributed by atoms with Crippen molar-refractivity contribution in [2.45, 2.75) is 105 Å². The number of hydrogen-bond donors (Lipinski definition) is 1. The molecule has 3 fully saturated rings. The number of aliphatic hydroxyl groups is 1. The molecule has 0 spiro atoms. The van der Waals surface area contributed by atoms with E-state index in [4.69, 9.17) is 0 Å². The zero-order valence-electron chi connectivity index (χ0n) is 21.6. The molecule has 1 N–H and O–H groups in total. The number of carbonyl (C=O) groups excluding carboxylic acids is 1. The van der Waals surface area contributed by atoms with Crippen LogP contribution in [-0.2, 0) is 4.79 Å². The minimum absolute atomic E-state index is 0.0958. The molecule has 4 aliphatic carbocycles. The number of aliphatic hydroxyl groups excluding tert-OH is 1. The van der Waals surface area contributed by atoms with Gasteiger partial charge >= 0.3 is 0 Å². The molecule has 0 heterocycles. The molecule has 3 saturated carbocycles. The lowest BCUT2D eigenvalue weighted by atomic mass is 9.43. The standard InChI is InChI=1S/C30H48O2/c1-7-23(19(2)3)28(32)17-20(4)25-9-8-10-26-24-12-11-21-18-22(31)13-15-29(21,5)27(24)14-16-30(25,26)6/h13,15,18-20,23-28,32H,7-12,14,16-17H2,1-6H3/t20-,23+,24?,25-,26?,27?,28-,29+,30-/m1/s1. The van der Waals surface area contributed by atoms with Crippen molar-refractivity contribution in [3.05, 3.63) is 23.8 Å². The summed E-state index contributed by atoms with van der Waals surface area (Å²) in [5.41, 5.74) is 1.90. The van der Waals surface area contributed by atoms with Crippen molar-refractivity contribution in [3.8, 4) is 0 Å². The Bertz CT molecular complexity index is 763. The number of allylic oxidation sites excluding steroid dienone is 4. The average Bonchev–Trinajstić information content (AvgIpc) is 2.73. The van der Waals surface area contributed by atoms with E-state index in [1.165, 1.54) is 44.1 Å². The van der Waals surface area contributed by atoms with Crippen LogP contribution in [0.1, 0.15) is 99.3 Å². The molecule has 0 bridgehead atoms. The van der Waals surface area contributed by atoms with E-state index in [9.17, 15) is 9.90 Å². The fourth-order valence-corrected chi connectivity index (χ4v) is 9.28. The maximum atomic E-state index is 12.0. The predicted molar refractivity (Wildman–Crippen MR) is 133 cm³/mol. The first-order valence-corrected chi connectivity index (χ1v) is 13.7. The van der Waals surface area contributed by atoms with Crippen LogP contribution in [0.25, 0.3) is 0 Å². The average molecular weight is 441 g/mol. The number of hydrogen-bond acceptors (Lipinski definition) is 2. The maximum absolute atomic E-state index is 12.0. The smallest absolute Gasteiger partial charge is 0.178 e. The Kier molecular flexibility index (Phi) is 6.85. The molecule has 0 radical (unpaired) electrons. The summed E-state index contributed by atoms with van der Waals surface area (Å²) in [6.07, 6.45) is 17.0. The highest BCUT2D eigenvalue weighted by Gasteiger charge is 2.57. The van der Waals surface area contributed by atoms with Gasteiger partial charge in [0.05, 0.1) is 6.10 Å². The van der Waals surface area contributed by atoms with Crippen molar-refractivity contribution in [2.75, 3.05) is 0 Å². The van der Waals surface area contributed by atoms with Crippen LogP contribution in [0.2, 0.25) is 0 Å². The van der Waals surface area contributed by atoms with Gasteiger partial charge in [-0.05, 0) is 104 Å². The maximum Gasteiger partial charge on any atom is 0.178 e. The third kappa shape index (κ3) is 3.97. The van der Waals surface area contributed by atoms with Crippen LogP contribution in [-0.4, -0.2) is 17.0 Å². The van der Waals surface area contributed by atoms with Gasteiger partial charge in [-0.3, -0.25) is 4.79 Å². The van der Waals surface area contributed by atoms with Crippen LogP contribution in [0.3, 0.4) is 0 Å². The highest BCUT2D eigenvalue weighted by molar-refractivity contribution is 6.01. The second kappa shape index (κ2) is 9.05. The fourth-order valence-electron chi connectivity index (χ4n) is 9.28. The van der Waals surface area contributed by atoms with Gasteiger partial charge in [0.25, 0.3) is 0 Å². The first-order valence-electron chi connectivity index (χ1n) is 13.7. The van der Waals surface area contributed by atoms with Gasteiger partial charge in [0.15, 0.2) is 5.78 Å². The van der Waals surface area contributed by atoms with E-state index in [0.29, 0.717) is 29.1 Å². The molecule has 0 aromatic heterocycles. The lowest BCUT2D eigenvalue weighted by Crippen LogP contribution is -2.54. The van der Waals surface area contributed by atoms with Gasteiger partial charge in [0.1, 0.15) is 0 Å². The summed E-state index contributed by atoms with van der Waals surface area (Å²) in [6, 6.07) is 0. The largest absolute Gasteiger partial charge is 0.393 e. The molecule has 4 aliphatic rings. The number of carbonyl (C=O) groups is 1. The first kappa shape index (κ1) is 24.2. The molecule has 9 atom stereocenters. The number of fused-ring (bicyclic) bond motifs is 5. The van der Waals surface area contributed by atoms with E-state index >= 15 is 0 Å². The van der Waals surface area contributed by atoms with E-state index in [2.05, 4.69) is 47.6 Å². The minimum Gasteiger partial charge on any atom is -0.393 e. The van der Waals surface area contributed by atoms with Gasteiger partial charge in [0.2, 0.25) is 0 Å². The quantitative estimate of drug-likeness (QED) is 0.468. The lowest BCUT2D eigenvalue weighted by molar-refractivity contribution is -0.114. The van der Waals surface area contributed by atoms with Crippen LogP contribution < -0.4 is 0 Å². The molecule has 0 amide bonds. The van der Waals surface area contributed by atoms with E-state index in [0.717, 1.165) is 37.0 Å². The molecule has 180 valence electrons.